The summed E-state index contributed by atoms with van der Waals surface area (Å²) in [7, 11) is 0. The summed E-state index contributed by atoms with van der Waals surface area (Å²) in [4.78, 5) is 28.4. The highest BCUT2D eigenvalue weighted by Crippen LogP contribution is 2.00. The fraction of sp³-hybridized carbons (Fsp3) is 0.500. The Hall–Kier alpha value is -1.72. The molecule has 0 radical (unpaired) electrons. The van der Waals surface area contributed by atoms with Crippen LogP contribution < -0.4 is 0 Å². The van der Waals surface area contributed by atoms with Gasteiger partial charge in [-0.2, -0.15) is 0 Å². The molecule has 0 saturated heterocycles. The summed E-state index contributed by atoms with van der Waals surface area (Å²) < 4.78 is 0. The third-order valence-electron chi connectivity index (χ3n) is 1.78. The molecule has 1 aliphatic rings. The van der Waals surface area contributed by atoms with Crippen LogP contribution in [-0.4, -0.2) is 46.7 Å². The Morgan fingerprint density at radius 3 is 2.36 bits per heavy atom. The lowest BCUT2D eigenvalue weighted by atomic mass is 10.2. The van der Waals surface area contributed by atoms with Gasteiger partial charge in [-0.3, -0.25) is 14.8 Å². The van der Waals surface area contributed by atoms with E-state index in [9.17, 15) is 9.59 Å². The minimum absolute atomic E-state index is 0.0107. The van der Waals surface area contributed by atoms with Gasteiger partial charge in [-0.1, -0.05) is 0 Å². The molecule has 0 unspecified atom stereocenters. The Labute approximate surface area is 80.0 Å². The van der Waals surface area contributed by atoms with E-state index in [0.29, 0.717) is 12.1 Å². The van der Waals surface area contributed by atoms with E-state index in [1.807, 2.05) is 0 Å². The summed E-state index contributed by atoms with van der Waals surface area (Å²) in [5.41, 5.74) is 0.682. The van der Waals surface area contributed by atoms with Gasteiger partial charge in [-0.05, 0) is 6.42 Å². The molecule has 0 bridgehead atoms. The van der Waals surface area contributed by atoms with Crippen molar-refractivity contribution in [3.05, 3.63) is 0 Å². The molecule has 0 aromatic rings. The second-order valence-electron chi connectivity index (χ2n) is 2.84. The molecule has 76 valence electrons. The molecule has 0 aliphatic carbocycles. The molecule has 0 amide bonds. The van der Waals surface area contributed by atoms with Gasteiger partial charge in [0.15, 0.2) is 0 Å². The van der Waals surface area contributed by atoms with Crippen LogP contribution in [0.15, 0.2) is 9.98 Å². The minimum atomic E-state index is -1.06. The Kier molecular flexibility index (Phi) is 3.33. The van der Waals surface area contributed by atoms with Crippen molar-refractivity contribution >= 4 is 23.4 Å². The topological polar surface area (TPSA) is 99.3 Å². The first-order valence-corrected chi connectivity index (χ1v) is 4.10. The summed E-state index contributed by atoms with van der Waals surface area (Å²) in [5, 5.41) is 16.9. The fourth-order valence-electron chi connectivity index (χ4n) is 1.02. The van der Waals surface area contributed by atoms with Gasteiger partial charge in [0.2, 0.25) is 0 Å². The average Bonchev–Trinajstić information content (AvgIpc) is 2.15. The molecule has 0 aromatic heterocycles. The summed E-state index contributed by atoms with van der Waals surface area (Å²) in [5.74, 6) is -1.95. The van der Waals surface area contributed by atoms with Gasteiger partial charge in [-0.25, -0.2) is 4.79 Å². The van der Waals surface area contributed by atoms with Crippen molar-refractivity contribution < 1.29 is 19.8 Å². The maximum atomic E-state index is 10.4. The normalized spacial score (nSPS) is 15.7. The zero-order valence-corrected chi connectivity index (χ0v) is 7.43. The van der Waals surface area contributed by atoms with E-state index in [4.69, 9.17) is 10.2 Å². The van der Waals surface area contributed by atoms with E-state index >= 15 is 0 Å². The van der Waals surface area contributed by atoms with Crippen LogP contribution in [0.25, 0.3) is 0 Å². The van der Waals surface area contributed by atoms with E-state index in [0.717, 1.165) is 0 Å². The monoisotopic (exact) mass is 198 g/mol. The van der Waals surface area contributed by atoms with E-state index < -0.39 is 11.9 Å². The van der Waals surface area contributed by atoms with E-state index in [1.54, 1.807) is 0 Å². The fourth-order valence-corrected chi connectivity index (χ4v) is 1.02. The SMILES string of the molecule is O=C(O)CCC1=NCC(C(=O)O)=NC1. The van der Waals surface area contributed by atoms with Crippen LogP contribution >= 0.6 is 0 Å². The standard InChI is InChI=1S/C8H10N2O4/c11-7(12)2-1-5-3-10-6(4-9-5)8(13)14/h1-4H2,(H,11,12)(H,13,14). The Bertz CT molecular complexity index is 319. The smallest absolute Gasteiger partial charge is 0.351 e. The quantitative estimate of drug-likeness (QED) is 0.655. The van der Waals surface area contributed by atoms with Crippen LogP contribution in [0.4, 0.5) is 0 Å². The summed E-state index contributed by atoms with van der Waals surface area (Å²) in [6.07, 6.45) is 0.350. The molecule has 0 saturated carbocycles. The Morgan fingerprint density at radius 2 is 1.93 bits per heavy atom. The lowest BCUT2D eigenvalue weighted by Gasteiger charge is -2.08. The number of aliphatic imine (C=N–C) groups is 2. The molecule has 2 N–H and O–H groups in total. The van der Waals surface area contributed by atoms with Crippen molar-refractivity contribution in [2.24, 2.45) is 9.98 Å². The molecule has 0 spiro atoms. The molecule has 6 nitrogen and oxygen atoms in total. The number of carboxylic acid groups (broad SMARTS) is 2. The third kappa shape index (κ3) is 2.96. The molecule has 14 heavy (non-hydrogen) atoms. The number of carbonyl (C=O) groups is 2. The largest absolute Gasteiger partial charge is 0.481 e. The van der Waals surface area contributed by atoms with E-state index in [2.05, 4.69) is 9.98 Å². The van der Waals surface area contributed by atoms with Crippen LogP contribution in [0.2, 0.25) is 0 Å². The van der Waals surface area contributed by atoms with Crippen molar-refractivity contribution in [3.63, 3.8) is 0 Å². The van der Waals surface area contributed by atoms with Crippen LogP contribution in [0, 0.1) is 0 Å². The first kappa shape index (κ1) is 10.4. The van der Waals surface area contributed by atoms with Crippen LogP contribution in [-0.2, 0) is 9.59 Å². The average molecular weight is 198 g/mol. The second kappa shape index (κ2) is 4.50. The third-order valence-corrected chi connectivity index (χ3v) is 1.78. The van der Waals surface area contributed by atoms with Crippen molar-refractivity contribution in [2.45, 2.75) is 12.8 Å². The van der Waals surface area contributed by atoms with Crippen LogP contribution in [0.5, 0.6) is 0 Å². The number of rotatable bonds is 4. The van der Waals surface area contributed by atoms with Crippen molar-refractivity contribution in [1.82, 2.24) is 0 Å². The predicted molar refractivity (Wildman–Crippen MR) is 49.1 cm³/mol. The number of hydrogen-bond acceptors (Lipinski definition) is 4. The number of nitrogens with zero attached hydrogens (tertiary/aromatic N) is 2. The summed E-state index contributed by atoms with van der Waals surface area (Å²) in [6, 6.07) is 0. The maximum Gasteiger partial charge on any atom is 0.351 e. The van der Waals surface area contributed by atoms with Gasteiger partial charge in [-0.15, -0.1) is 0 Å². The first-order chi connectivity index (χ1) is 6.59. The molecule has 1 rings (SSSR count). The van der Waals surface area contributed by atoms with Gasteiger partial charge in [0.1, 0.15) is 5.71 Å². The van der Waals surface area contributed by atoms with Gasteiger partial charge in [0.25, 0.3) is 0 Å². The summed E-state index contributed by atoms with van der Waals surface area (Å²) in [6.45, 7) is 0.249. The Balaban J connectivity index is 2.41. The number of carboxylic acids is 2. The lowest BCUT2D eigenvalue weighted by molar-refractivity contribution is -0.137. The van der Waals surface area contributed by atoms with Crippen molar-refractivity contribution in [2.75, 3.05) is 13.1 Å². The van der Waals surface area contributed by atoms with Gasteiger partial charge >= 0.3 is 11.9 Å². The van der Waals surface area contributed by atoms with Gasteiger partial charge in [0, 0.05) is 5.71 Å². The maximum absolute atomic E-state index is 10.4. The van der Waals surface area contributed by atoms with Crippen molar-refractivity contribution in [1.29, 1.82) is 0 Å². The Morgan fingerprint density at radius 1 is 1.21 bits per heavy atom. The first-order valence-electron chi connectivity index (χ1n) is 4.10. The number of hydrogen-bond donors (Lipinski definition) is 2. The molecule has 1 aliphatic heterocycles. The molecule has 6 heteroatoms. The molecule has 1 heterocycles. The van der Waals surface area contributed by atoms with E-state index in [-0.39, 0.29) is 25.2 Å². The molecular formula is C8H10N2O4. The van der Waals surface area contributed by atoms with E-state index in [1.165, 1.54) is 0 Å². The second-order valence-corrected chi connectivity index (χ2v) is 2.84. The van der Waals surface area contributed by atoms with Crippen LogP contribution in [0.1, 0.15) is 12.8 Å². The van der Waals surface area contributed by atoms with Crippen LogP contribution in [0.3, 0.4) is 0 Å². The minimum Gasteiger partial charge on any atom is -0.481 e. The zero-order chi connectivity index (χ0) is 10.6. The number of aliphatic carboxylic acids is 2. The zero-order valence-electron chi connectivity index (χ0n) is 7.43. The molecular weight excluding hydrogens is 188 g/mol. The van der Waals surface area contributed by atoms with Crippen molar-refractivity contribution in [3.8, 4) is 0 Å². The summed E-state index contributed by atoms with van der Waals surface area (Å²) >= 11 is 0. The lowest BCUT2D eigenvalue weighted by Crippen LogP contribution is -2.24. The van der Waals surface area contributed by atoms with Gasteiger partial charge in [0.05, 0.1) is 19.5 Å². The van der Waals surface area contributed by atoms with Gasteiger partial charge < -0.3 is 10.2 Å². The highest BCUT2D eigenvalue weighted by molar-refractivity contribution is 6.37. The molecule has 0 atom stereocenters. The molecule has 0 aromatic carbocycles. The predicted octanol–water partition coefficient (Wildman–Crippen LogP) is -0.169. The highest BCUT2D eigenvalue weighted by Gasteiger charge is 2.14. The molecule has 0 fully saturated rings. The highest BCUT2D eigenvalue weighted by atomic mass is 16.4.